The molecule has 0 aliphatic heterocycles. The molecule has 0 bridgehead atoms. The van der Waals surface area contributed by atoms with Crippen LogP contribution in [0.25, 0.3) is 0 Å². The number of carbonyl (C=O) groups is 1. The van der Waals surface area contributed by atoms with E-state index in [-0.39, 0.29) is 11.3 Å². The first-order valence-corrected chi connectivity index (χ1v) is 10.1. The monoisotopic (exact) mass is 403 g/mol. The highest BCUT2D eigenvalue weighted by molar-refractivity contribution is 7.98. The van der Waals surface area contributed by atoms with Gasteiger partial charge in [0, 0.05) is 12.0 Å². The minimum Gasteiger partial charge on any atom is -0.346 e. The number of aromatic nitrogens is 5. The second-order valence-electron chi connectivity index (χ2n) is 6.88. The maximum absolute atomic E-state index is 12.2. The number of thioether (sulfide) groups is 1. The Hall–Kier alpha value is -2.46. The molecule has 2 aromatic heterocycles. The van der Waals surface area contributed by atoms with Gasteiger partial charge >= 0.3 is 0 Å². The lowest BCUT2D eigenvalue weighted by Gasteiger charge is -2.16. The van der Waals surface area contributed by atoms with Crippen molar-refractivity contribution in [1.82, 2.24) is 30.4 Å². The first-order valence-electron chi connectivity index (χ1n) is 8.33. The Morgan fingerprint density at radius 2 is 1.93 bits per heavy atom. The summed E-state index contributed by atoms with van der Waals surface area (Å²) < 4.78 is 1.50. The Morgan fingerprint density at radius 3 is 2.59 bits per heavy atom. The SMILES string of the molecule is CC(C)(C)c1nnc(SCc2nnc(C(=O)NCc3ccccc3)s2)n1N. The van der Waals surface area contributed by atoms with Gasteiger partial charge in [0.15, 0.2) is 5.82 Å². The first kappa shape index (κ1) is 19.3. The number of nitrogens with one attached hydrogen (secondary N) is 1. The molecule has 1 amide bonds. The van der Waals surface area contributed by atoms with Crippen molar-refractivity contribution >= 4 is 29.0 Å². The van der Waals surface area contributed by atoms with E-state index < -0.39 is 0 Å². The summed E-state index contributed by atoms with van der Waals surface area (Å²) in [4.78, 5) is 12.2. The number of hydrogen-bond donors (Lipinski definition) is 2. The van der Waals surface area contributed by atoms with Gasteiger partial charge in [0.05, 0.1) is 5.75 Å². The van der Waals surface area contributed by atoms with Crippen molar-refractivity contribution in [2.75, 3.05) is 5.84 Å². The van der Waals surface area contributed by atoms with Crippen LogP contribution in [0.5, 0.6) is 0 Å². The van der Waals surface area contributed by atoms with Crippen LogP contribution < -0.4 is 11.2 Å². The Bertz CT molecular complexity index is 915. The molecule has 0 spiro atoms. The summed E-state index contributed by atoms with van der Waals surface area (Å²) >= 11 is 2.67. The maximum Gasteiger partial charge on any atom is 0.282 e. The molecule has 0 aliphatic rings. The summed E-state index contributed by atoms with van der Waals surface area (Å²) in [5.41, 5.74) is 0.843. The first-order chi connectivity index (χ1) is 12.8. The van der Waals surface area contributed by atoms with Gasteiger partial charge in [-0.3, -0.25) is 4.79 Å². The predicted molar refractivity (Wildman–Crippen MR) is 106 cm³/mol. The van der Waals surface area contributed by atoms with Gasteiger partial charge < -0.3 is 11.2 Å². The van der Waals surface area contributed by atoms with Crippen LogP contribution in [0.15, 0.2) is 35.5 Å². The highest BCUT2D eigenvalue weighted by atomic mass is 32.2. The molecule has 3 N–H and O–H groups in total. The Labute approximate surface area is 165 Å². The van der Waals surface area contributed by atoms with E-state index in [1.165, 1.54) is 27.8 Å². The molecule has 0 saturated carbocycles. The van der Waals surface area contributed by atoms with Crippen molar-refractivity contribution in [1.29, 1.82) is 0 Å². The second kappa shape index (κ2) is 8.05. The third-order valence-corrected chi connectivity index (χ3v) is 5.68. The average Bonchev–Trinajstić information content (AvgIpc) is 3.25. The molecular formula is C17H21N7OS2. The molecular weight excluding hydrogens is 382 g/mol. The number of nitrogens with two attached hydrogens (primary N) is 1. The molecule has 142 valence electrons. The van der Waals surface area contributed by atoms with Gasteiger partial charge in [0.1, 0.15) is 5.01 Å². The molecule has 1 aromatic carbocycles. The molecule has 27 heavy (non-hydrogen) atoms. The third kappa shape index (κ3) is 4.83. The van der Waals surface area contributed by atoms with Gasteiger partial charge in [0.25, 0.3) is 5.91 Å². The van der Waals surface area contributed by atoms with Crippen LogP contribution in [0.2, 0.25) is 0 Å². The average molecular weight is 404 g/mol. The number of benzene rings is 1. The molecule has 0 aliphatic carbocycles. The molecule has 0 atom stereocenters. The fraction of sp³-hybridized carbons (Fsp3) is 0.353. The molecule has 0 radical (unpaired) electrons. The number of nitrogen functional groups attached to an aromatic ring is 1. The number of nitrogens with zero attached hydrogens (tertiary/aromatic N) is 5. The van der Waals surface area contributed by atoms with Crippen LogP contribution in [-0.2, 0) is 17.7 Å². The summed E-state index contributed by atoms with van der Waals surface area (Å²) in [5, 5.41) is 20.9. The Balaban J connectivity index is 1.57. The minimum absolute atomic E-state index is 0.187. The van der Waals surface area contributed by atoms with Crippen molar-refractivity contribution in [2.24, 2.45) is 0 Å². The van der Waals surface area contributed by atoms with E-state index in [9.17, 15) is 4.79 Å². The molecule has 0 saturated heterocycles. The standard InChI is InChI=1S/C17H21N7OS2/c1-17(2,3)15-22-23-16(24(15)18)26-10-12-20-21-14(27-12)13(25)19-9-11-7-5-4-6-8-11/h4-8H,9-10,18H2,1-3H3,(H,19,25). The minimum atomic E-state index is -0.232. The number of carbonyl (C=O) groups excluding carboxylic acids is 1. The quantitative estimate of drug-likeness (QED) is 0.480. The van der Waals surface area contributed by atoms with E-state index in [1.54, 1.807) is 0 Å². The summed E-state index contributed by atoms with van der Waals surface area (Å²) in [6, 6.07) is 9.72. The van der Waals surface area contributed by atoms with E-state index >= 15 is 0 Å². The van der Waals surface area contributed by atoms with Gasteiger partial charge in [-0.05, 0) is 5.56 Å². The van der Waals surface area contributed by atoms with Crippen LogP contribution in [0, 0.1) is 0 Å². The van der Waals surface area contributed by atoms with Crippen molar-refractivity contribution in [3.63, 3.8) is 0 Å². The number of amides is 1. The maximum atomic E-state index is 12.2. The predicted octanol–water partition coefficient (Wildman–Crippen LogP) is 2.36. The van der Waals surface area contributed by atoms with Gasteiger partial charge in [-0.1, -0.05) is 74.2 Å². The van der Waals surface area contributed by atoms with E-state index in [1.807, 2.05) is 51.1 Å². The summed E-state index contributed by atoms with van der Waals surface area (Å²) in [6.45, 7) is 6.54. The molecule has 3 aromatic rings. The summed E-state index contributed by atoms with van der Waals surface area (Å²) in [7, 11) is 0. The smallest absolute Gasteiger partial charge is 0.282 e. The molecule has 8 nitrogen and oxygen atoms in total. The topological polar surface area (TPSA) is 112 Å². The normalized spacial score (nSPS) is 11.5. The van der Waals surface area contributed by atoms with Gasteiger partial charge in [-0.25, -0.2) is 4.68 Å². The van der Waals surface area contributed by atoms with Crippen molar-refractivity contribution in [2.45, 2.75) is 43.6 Å². The molecule has 0 unspecified atom stereocenters. The zero-order valence-electron chi connectivity index (χ0n) is 15.3. The van der Waals surface area contributed by atoms with E-state index in [0.29, 0.717) is 28.3 Å². The zero-order chi connectivity index (χ0) is 19.4. The van der Waals surface area contributed by atoms with Crippen LogP contribution in [0.4, 0.5) is 0 Å². The molecule has 10 heteroatoms. The fourth-order valence-electron chi connectivity index (χ4n) is 2.27. The van der Waals surface area contributed by atoms with Crippen LogP contribution in [0.1, 0.15) is 47.0 Å². The Kier molecular flexibility index (Phi) is 5.76. The van der Waals surface area contributed by atoms with Crippen LogP contribution in [0.3, 0.4) is 0 Å². The lowest BCUT2D eigenvalue weighted by atomic mass is 9.96. The van der Waals surface area contributed by atoms with Gasteiger partial charge in [0.2, 0.25) is 10.2 Å². The van der Waals surface area contributed by atoms with Gasteiger partial charge in [-0.15, -0.1) is 20.4 Å². The number of rotatable bonds is 6. The number of hydrogen-bond acceptors (Lipinski definition) is 8. The second-order valence-corrected chi connectivity index (χ2v) is 8.89. The lowest BCUT2D eigenvalue weighted by Crippen LogP contribution is -2.24. The third-order valence-electron chi connectivity index (χ3n) is 3.62. The van der Waals surface area contributed by atoms with E-state index in [2.05, 4.69) is 25.7 Å². The van der Waals surface area contributed by atoms with Crippen LogP contribution in [-0.4, -0.2) is 31.0 Å². The summed E-state index contributed by atoms with van der Waals surface area (Å²) in [5.74, 6) is 7.07. The fourth-order valence-corrected chi connectivity index (χ4v) is 3.87. The molecule has 2 heterocycles. The Morgan fingerprint density at radius 1 is 1.19 bits per heavy atom. The van der Waals surface area contributed by atoms with Crippen molar-refractivity contribution in [3.05, 3.63) is 51.7 Å². The van der Waals surface area contributed by atoms with Crippen molar-refractivity contribution < 1.29 is 4.79 Å². The van der Waals surface area contributed by atoms with Gasteiger partial charge in [-0.2, -0.15) is 0 Å². The highest BCUT2D eigenvalue weighted by Crippen LogP contribution is 2.26. The van der Waals surface area contributed by atoms with E-state index in [4.69, 9.17) is 5.84 Å². The summed E-state index contributed by atoms with van der Waals surface area (Å²) in [6.07, 6.45) is 0. The lowest BCUT2D eigenvalue weighted by molar-refractivity contribution is 0.0950. The molecule has 3 rings (SSSR count). The van der Waals surface area contributed by atoms with Crippen LogP contribution >= 0.6 is 23.1 Å². The molecule has 0 fully saturated rings. The van der Waals surface area contributed by atoms with E-state index in [0.717, 1.165) is 10.6 Å². The largest absolute Gasteiger partial charge is 0.346 e. The highest BCUT2D eigenvalue weighted by Gasteiger charge is 2.23. The zero-order valence-corrected chi connectivity index (χ0v) is 17.0. The van der Waals surface area contributed by atoms with Crippen molar-refractivity contribution in [3.8, 4) is 0 Å².